The van der Waals surface area contributed by atoms with Gasteiger partial charge in [0.15, 0.2) is 0 Å². The van der Waals surface area contributed by atoms with Crippen molar-refractivity contribution in [1.29, 1.82) is 0 Å². The van der Waals surface area contributed by atoms with Gasteiger partial charge in [0.25, 0.3) is 0 Å². The molecule has 2 aliphatic heterocycles. The maximum absolute atomic E-state index is 5.81. The molecular formula is C18H27N3O. The molecule has 0 spiro atoms. The number of hydrogen-bond donors (Lipinski definition) is 0. The first-order valence-electron chi connectivity index (χ1n) is 8.71. The van der Waals surface area contributed by atoms with Crippen LogP contribution in [0.25, 0.3) is 0 Å². The summed E-state index contributed by atoms with van der Waals surface area (Å²) < 4.78 is 5.81. The molecule has 3 atom stereocenters. The maximum Gasteiger partial charge on any atom is 0.0639 e. The van der Waals surface area contributed by atoms with Gasteiger partial charge in [0, 0.05) is 64.2 Å². The summed E-state index contributed by atoms with van der Waals surface area (Å²) >= 11 is 0. The van der Waals surface area contributed by atoms with Crippen molar-refractivity contribution in [2.24, 2.45) is 11.8 Å². The molecule has 0 N–H and O–H groups in total. The third-order valence-corrected chi connectivity index (χ3v) is 5.70. The third kappa shape index (κ3) is 3.05. The summed E-state index contributed by atoms with van der Waals surface area (Å²) in [6.45, 7) is 5.95. The highest BCUT2D eigenvalue weighted by Crippen LogP contribution is 2.37. The van der Waals surface area contributed by atoms with E-state index in [1.54, 1.807) is 0 Å². The number of piperidine rings is 1. The Morgan fingerprint density at radius 3 is 2.73 bits per heavy atom. The largest absolute Gasteiger partial charge is 0.381 e. The van der Waals surface area contributed by atoms with Crippen LogP contribution < -0.4 is 0 Å². The summed E-state index contributed by atoms with van der Waals surface area (Å²) in [5, 5.41) is 0. The van der Waals surface area contributed by atoms with E-state index in [4.69, 9.17) is 4.74 Å². The molecule has 0 amide bonds. The highest BCUT2D eigenvalue weighted by molar-refractivity contribution is 5.11. The van der Waals surface area contributed by atoms with Crippen LogP contribution in [0.3, 0.4) is 0 Å². The van der Waals surface area contributed by atoms with Crippen LogP contribution >= 0.6 is 0 Å². The zero-order valence-corrected chi connectivity index (χ0v) is 13.5. The molecule has 2 saturated heterocycles. The van der Waals surface area contributed by atoms with E-state index in [9.17, 15) is 0 Å². The molecule has 4 heteroatoms. The van der Waals surface area contributed by atoms with Gasteiger partial charge in [0.1, 0.15) is 0 Å². The average Bonchev–Trinajstić information content (AvgIpc) is 3.26. The van der Waals surface area contributed by atoms with Crippen molar-refractivity contribution in [3.8, 4) is 0 Å². The lowest BCUT2D eigenvalue weighted by atomic mass is 9.89. The van der Waals surface area contributed by atoms with E-state index in [2.05, 4.69) is 26.9 Å². The van der Waals surface area contributed by atoms with E-state index in [1.807, 2.05) is 19.5 Å². The van der Waals surface area contributed by atoms with Crippen LogP contribution in [0.4, 0.5) is 0 Å². The molecule has 1 saturated carbocycles. The second kappa shape index (κ2) is 6.26. The predicted octanol–water partition coefficient (Wildman–Crippen LogP) is 2.01. The predicted molar refractivity (Wildman–Crippen MR) is 86.5 cm³/mol. The minimum Gasteiger partial charge on any atom is -0.381 e. The van der Waals surface area contributed by atoms with E-state index in [0.29, 0.717) is 18.1 Å². The van der Waals surface area contributed by atoms with Crippen molar-refractivity contribution in [2.75, 3.05) is 33.3 Å². The smallest absolute Gasteiger partial charge is 0.0639 e. The molecule has 22 heavy (non-hydrogen) atoms. The number of ether oxygens (including phenoxy) is 1. The summed E-state index contributed by atoms with van der Waals surface area (Å²) in [5.74, 6) is 1.66. The molecule has 0 unspecified atom stereocenters. The summed E-state index contributed by atoms with van der Waals surface area (Å²) in [6, 6.07) is 4.97. The Morgan fingerprint density at radius 2 is 2.00 bits per heavy atom. The minimum absolute atomic E-state index is 0.447. The van der Waals surface area contributed by atoms with Crippen molar-refractivity contribution < 1.29 is 4.74 Å². The second-order valence-corrected chi connectivity index (χ2v) is 7.28. The monoisotopic (exact) mass is 301 g/mol. The number of fused-ring (bicyclic) bond motifs is 1. The summed E-state index contributed by atoms with van der Waals surface area (Å²) in [7, 11) is 1.89. The number of aromatic nitrogens is 1. The van der Waals surface area contributed by atoms with Crippen molar-refractivity contribution in [3.63, 3.8) is 0 Å². The Bertz CT molecular complexity index is 490. The Balaban J connectivity index is 1.44. The number of hydrogen-bond acceptors (Lipinski definition) is 4. The lowest BCUT2D eigenvalue weighted by Gasteiger charge is -2.41. The standard InChI is InChI=1S/C18H27N3O/c1-22-18-6-9-21(11-14-2-3-14)17-13-20(12-16(17)18)10-15-4-7-19-8-5-15/h4-5,7-8,14,16-18H,2-3,6,9-13H2,1H3/t16-,17+,18+/m0/s1. The molecular weight excluding hydrogens is 274 g/mol. The molecule has 3 heterocycles. The fourth-order valence-corrected chi connectivity index (χ4v) is 4.35. The first kappa shape index (κ1) is 14.6. The number of methoxy groups -OCH3 is 1. The zero-order chi connectivity index (χ0) is 14.9. The topological polar surface area (TPSA) is 28.6 Å². The van der Waals surface area contributed by atoms with Gasteiger partial charge in [-0.1, -0.05) is 0 Å². The highest BCUT2D eigenvalue weighted by atomic mass is 16.5. The first-order chi connectivity index (χ1) is 10.8. The van der Waals surface area contributed by atoms with E-state index < -0.39 is 0 Å². The normalized spacial score (nSPS) is 33.0. The maximum atomic E-state index is 5.81. The van der Waals surface area contributed by atoms with Crippen LogP contribution in [0.2, 0.25) is 0 Å². The van der Waals surface area contributed by atoms with Crippen LogP contribution in [0, 0.1) is 11.8 Å². The van der Waals surface area contributed by atoms with Gasteiger partial charge in [-0.2, -0.15) is 0 Å². The molecule has 1 aliphatic carbocycles. The molecule has 4 rings (SSSR count). The van der Waals surface area contributed by atoms with Gasteiger partial charge in [-0.25, -0.2) is 0 Å². The Labute approximate surface area is 133 Å². The summed E-state index contributed by atoms with van der Waals surface area (Å²) in [4.78, 5) is 9.50. The molecule has 0 radical (unpaired) electrons. The fourth-order valence-electron chi connectivity index (χ4n) is 4.35. The Hall–Kier alpha value is -0.970. The van der Waals surface area contributed by atoms with Gasteiger partial charge in [0.05, 0.1) is 6.10 Å². The molecule has 0 aromatic carbocycles. The molecule has 3 fully saturated rings. The number of likely N-dealkylation sites (tertiary alicyclic amines) is 2. The van der Waals surface area contributed by atoms with Gasteiger partial charge in [0.2, 0.25) is 0 Å². The van der Waals surface area contributed by atoms with Crippen LogP contribution in [0.1, 0.15) is 24.8 Å². The summed E-state index contributed by atoms with van der Waals surface area (Å²) in [5.41, 5.74) is 1.37. The molecule has 3 aliphatic rings. The second-order valence-electron chi connectivity index (χ2n) is 7.28. The van der Waals surface area contributed by atoms with E-state index in [0.717, 1.165) is 12.5 Å². The van der Waals surface area contributed by atoms with Gasteiger partial charge in [-0.05, 0) is 42.9 Å². The Kier molecular flexibility index (Phi) is 4.16. The zero-order valence-electron chi connectivity index (χ0n) is 13.5. The minimum atomic E-state index is 0.447. The van der Waals surface area contributed by atoms with Gasteiger partial charge in [-0.15, -0.1) is 0 Å². The first-order valence-corrected chi connectivity index (χ1v) is 8.71. The fraction of sp³-hybridized carbons (Fsp3) is 0.722. The quantitative estimate of drug-likeness (QED) is 0.832. The SMILES string of the molecule is CO[C@@H]1CCN(CC2CC2)[C@@H]2CN(Cc3ccncc3)C[C@@H]21. The van der Waals surface area contributed by atoms with Gasteiger partial charge >= 0.3 is 0 Å². The van der Waals surface area contributed by atoms with Gasteiger partial charge < -0.3 is 4.74 Å². The third-order valence-electron chi connectivity index (χ3n) is 5.70. The number of rotatable bonds is 5. The lowest BCUT2D eigenvalue weighted by molar-refractivity contribution is -0.0230. The molecule has 4 nitrogen and oxygen atoms in total. The van der Waals surface area contributed by atoms with Crippen molar-refractivity contribution >= 4 is 0 Å². The lowest BCUT2D eigenvalue weighted by Crippen LogP contribution is -2.51. The Morgan fingerprint density at radius 1 is 1.18 bits per heavy atom. The number of nitrogens with zero attached hydrogens (tertiary/aromatic N) is 3. The van der Waals surface area contributed by atoms with E-state index in [1.165, 1.54) is 51.0 Å². The molecule has 120 valence electrons. The summed E-state index contributed by atoms with van der Waals surface area (Å²) in [6.07, 6.45) is 8.34. The average molecular weight is 301 g/mol. The highest BCUT2D eigenvalue weighted by Gasteiger charge is 2.45. The van der Waals surface area contributed by atoms with Crippen LogP contribution in [-0.2, 0) is 11.3 Å². The van der Waals surface area contributed by atoms with Crippen LogP contribution in [-0.4, -0.2) is 60.2 Å². The van der Waals surface area contributed by atoms with E-state index >= 15 is 0 Å². The van der Waals surface area contributed by atoms with Crippen LogP contribution in [0.5, 0.6) is 0 Å². The van der Waals surface area contributed by atoms with Crippen molar-refractivity contribution in [3.05, 3.63) is 30.1 Å². The van der Waals surface area contributed by atoms with Crippen molar-refractivity contribution in [1.82, 2.24) is 14.8 Å². The number of pyridine rings is 1. The van der Waals surface area contributed by atoms with Crippen LogP contribution in [0.15, 0.2) is 24.5 Å². The van der Waals surface area contributed by atoms with Gasteiger partial charge in [-0.3, -0.25) is 14.8 Å². The molecule has 1 aromatic heterocycles. The van der Waals surface area contributed by atoms with E-state index in [-0.39, 0.29) is 0 Å². The van der Waals surface area contributed by atoms with Crippen molar-refractivity contribution in [2.45, 2.75) is 38.0 Å². The molecule has 0 bridgehead atoms. The molecule has 1 aromatic rings.